The monoisotopic (exact) mass is 261 g/mol. The van der Waals surface area contributed by atoms with E-state index in [1.54, 1.807) is 0 Å². The molecule has 6 heteroatoms. The van der Waals surface area contributed by atoms with Gasteiger partial charge in [-0.15, -0.1) is 0 Å². The first-order chi connectivity index (χ1) is 7.99. The summed E-state index contributed by atoms with van der Waals surface area (Å²) in [6, 6.07) is 5.48. The van der Waals surface area contributed by atoms with Crippen LogP contribution in [0, 0.1) is 0 Å². The van der Waals surface area contributed by atoms with Gasteiger partial charge in [0.15, 0.2) is 0 Å². The number of hydrogen-bond acceptors (Lipinski definition) is 2. The lowest BCUT2D eigenvalue weighted by Gasteiger charge is -2.07. The lowest BCUT2D eigenvalue weighted by atomic mass is 10.2. The van der Waals surface area contributed by atoms with Crippen molar-refractivity contribution in [3.63, 3.8) is 0 Å². The molecule has 0 bridgehead atoms. The standard InChI is InChI=1S/C11H10ClF2NO2/c1-7(12)6-15-10(16)8-3-2-4-9(5-8)17-11(13)14/h2-5,11H,1,6H2,(H,15,16). The van der Waals surface area contributed by atoms with E-state index in [1.807, 2.05) is 0 Å². The first kappa shape index (κ1) is 13.4. The van der Waals surface area contributed by atoms with E-state index in [0.29, 0.717) is 0 Å². The van der Waals surface area contributed by atoms with Crippen LogP contribution in [0.1, 0.15) is 10.4 Å². The molecule has 0 radical (unpaired) electrons. The smallest absolute Gasteiger partial charge is 0.387 e. The Bertz CT molecular complexity index is 424. The molecule has 0 aliphatic rings. The molecule has 17 heavy (non-hydrogen) atoms. The highest BCUT2D eigenvalue weighted by atomic mass is 35.5. The van der Waals surface area contributed by atoms with Crippen molar-refractivity contribution in [1.82, 2.24) is 5.32 Å². The van der Waals surface area contributed by atoms with Crippen molar-refractivity contribution >= 4 is 17.5 Å². The van der Waals surface area contributed by atoms with Gasteiger partial charge in [-0.2, -0.15) is 8.78 Å². The van der Waals surface area contributed by atoms with Gasteiger partial charge in [-0.25, -0.2) is 0 Å². The fourth-order valence-corrected chi connectivity index (χ4v) is 1.16. The highest BCUT2D eigenvalue weighted by Gasteiger charge is 2.09. The summed E-state index contributed by atoms with van der Waals surface area (Å²) < 4.78 is 28.1. The molecule has 0 spiro atoms. The quantitative estimate of drug-likeness (QED) is 0.885. The zero-order chi connectivity index (χ0) is 12.8. The summed E-state index contributed by atoms with van der Waals surface area (Å²) in [6.45, 7) is 0.596. The number of hydrogen-bond donors (Lipinski definition) is 1. The molecule has 0 heterocycles. The van der Waals surface area contributed by atoms with Gasteiger partial charge in [0.1, 0.15) is 5.75 Å². The van der Waals surface area contributed by atoms with Crippen molar-refractivity contribution < 1.29 is 18.3 Å². The van der Waals surface area contributed by atoms with Crippen LogP contribution in [-0.2, 0) is 0 Å². The molecule has 0 aliphatic carbocycles. The van der Waals surface area contributed by atoms with Crippen LogP contribution in [0.3, 0.4) is 0 Å². The van der Waals surface area contributed by atoms with E-state index in [1.165, 1.54) is 24.3 Å². The highest BCUT2D eigenvalue weighted by Crippen LogP contribution is 2.15. The first-order valence-corrected chi connectivity index (χ1v) is 5.03. The lowest BCUT2D eigenvalue weighted by molar-refractivity contribution is -0.0498. The molecule has 3 nitrogen and oxygen atoms in total. The maximum Gasteiger partial charge on any atom is 0.387 e. The fraction of sp³-hybridized carbons (Fsp3) is 0.182. The molecule has 0 aliphatic heterocycles. The van der Waals surface area contributed by atoms with Gasteiger partial charge in [0, 0.05) is 10.6 Å². The van der Waals surface area contributed by atoms with Crippen molar-refractivity contribution in [3.05, 3.63) is 41.4 Å². The number of halogens is 3. The summed E-state index contributed by atoms with van der Waals surface area (Å²) in [5, 5.41) is 2.74. The minimum absolute atomic E-state index is 0.0719. The summed E-state index contributed by atoms with van der Waals surface area (Å²) in [4.78, 5) is 11.5. The van der Waals surface area contributed by atoms with Crippen LogP contribution < -0.4 is 10.1 Å². The third kappa shape index (κ3) is 4.82. The number of benzene rings is 1. The van der Waals surface area contributed by atoms with E-state index in [0.717, 1.165) is 0 Å². The molecule has 1 aromatic carbocycles. The van der Waals surface area contributed by atoms with Crippen molar-refractivity contribution in [2.24, 2.45) is 0 Å². The Kier molecular flexibility index (Phi) is 4.90. The molecule has 1 aromatic rings. The zero-order valence-electron chi connectivity index (χ0n) is 8.75. The summed E-state index contributed by atoms with van der Waals surface area (Å²) in [6.07, 6.45) is 0. The summed E-state index contributed by atoms with van der Waals surface area (Å²) in [7, 11) is 0. The maximum atomic E-state index is 12.0. The molecule has 1 rings (SSSR count). The van der Waals surface area contributed by atoms with Crippen molar-refractivity contribution in [1.29, 1.82) is 0 Å². The Balaban J connectivity index is 2.70. The predicted molar refractivity (Wildman–Crippen MR) is 60.4 cm³/mol. The number of amides is 1. The van der Waals surface area contributed by atoms with Crippen molar-refractivity contribution in [3.8, 4) is 5.75 Å². The summed E-state index contributed by atoms with van der Waals surface area (Å²) >= 11 is 5.48. The minimum atomic E-state index is -2.92. The van der Waals surface area contributed by atoms with Gasteiger partial charge >= 0.3 is 6.61 Å². The normalized spacial score (nSPS) is 10.1. The molecule has 92 valence electrons. The van der Waals surface area contributed by atoms with E-state index in [9.17, 15) is 13.6 Å². The van der Waals surface area contributed by atoms with Crippen molar-refractivity contribution in [2.75, 3.05) is 6.54 Å². The fourth-order valence-electron chi connectivity index (χ4n) is 1.09. The topological polar surface area (TPSA) is 38.3 Å². The van der Waals surface area contributed by atoms with Crippen LogP contribution in [0.25, 0.3) is 0 Å². The SMILES string of the molecule is C=C(Cl)CNC(=O)c1cccc(OC(F)F)c1. The van der Waals surface area contributed by atoms with E-state index >= 15 is 0 Å². The summed E-state index contributed by atoms with van der Waals surface area (Å²) in [5.74, 6) is -0.510. The first-order valence-electron chi connectivity index (χ1n) is 4.65. The molecular weight excluding hydrogens is 252 g/mol. The number of alkyl halides is 2. The molecule has 0 aromatic heterocycles. The molecule has 0 saturated heterocycles. The predicted octanol–water partition coefficient (Wildman–Crippen LogP) is 2.77. The van der Waals surface area contributed by atoms with E-state index in [2.05, 4.69) is 16.6 Å². The third-order valence-electron chi connectivity index (χ3n) is 1.76. The number of nitrogens with one attached hydrogen (secondary N) is 1. The highest BCUT2D eigenvalue weighted by molar-refractivity contribution is 6.29. The van der Waals surface area contributed by atoms with Gasteiger partial charge in [-0.05, 0) is 18.2 Å². The largest absolute Gasteiger partial charge is 0.435 e. The molecule has 1 N–H and O–H groups in total. The van der Waals surface area contributed by atoms with E-state index in [-0.39, 0.29) is 22.9 Å². The zero-order valence-corrected chi connectivity index (χ0v) is 9.51. The summed E-state index contributed by atoms with van der Waals surface area (Å²) in [5.41, 5.74) is 0.209. The van der Waals surface area contributed by atoms with Gasteiger partial charge in [-0.3, -0.25) is 4.79 Å². The van der Waals surface area contributed by atoms with E-state index in [4.69, 9.17) is 11.6 Å². The second kappa shape index (κ2) is 6.20. The van der Waals surface area contributed by atoms with Crippen LogP contribution in [0.15, 0.2) is 35.9 Å². The number of ether oxygens (including phenoxy) is 1. The number of carbonyl (C=O) groups is 1. The number of carbonyl (C=O) groups excluding carboxylic acids is 1. The van der Waals surface area contributed by atoms with Crippen LogP contribution in [0.5, 0.6) is 5.75 Å². The van der Waals surface area contributed by atoms with Crippen LogP contribution in [0.4, 0.5) is 8.78 Å². The van der Waals surface area contributed by atoms with Gasteiger partial charge in [0.2, 0.25) is 0 Å². The second-order valence-electron chi connectivity index (χ2n) is 3.11. The molecule has 1 amide bonds. The molecular formula is C11H10ClF2NO2. The van der Waals surface area contributed by atoms with Crippen molar-refractivity contribution in [2.45, 2.75) is 6.61 Å². The number of rotatable bonds is 5. The Labute approximate surface area is 102 Å². The molecule has 0 unspecified atom stereocenters. The Morgan fingerprint density at radius 1 is 1.53 bits per heavy atom. The van der Waals surface area contributed by atoms with Crippen LogP contribution in [0.2, 0.25) is 0 Å². The van der Waals surface area contributed by atoms with Gasteiger partial charge < -0.3 is 10.1 Å². The molecule has 0 atom stereocenters. The second-order valence-corrected chi connectivity index (χ2v) is 3.64. The maximum absolute atomic E-state index is 12.0. The molecule has 0 saturated carbocycles. The Morgan fingerprint density at radius 3 is 2.82 bits per heavy atom. The van der Waals surface area contributed by atoms with E-state index < -0.39 is 12.5 Å². The molecule has 0 fully saturated rings. The third-order valence-corrected chi connectivity index (χ3v) is 1.90. The van der Waals surface area contributed by atoms with Gasteiger partial charge in [0.05, 0.1) is 6.54 Å². The van der Waals surface area contributed by atoms with Crippen LogP contribution in [-0.4, -0.2) is 19.1 Å². The minimum Gasteiger partial charge on any atom is -0.435 e. The van der Waals surface area contributed by atoms with Crippen LogP contribution >= 0.6 is 11.6 Å². The average molecular weight is 262 g/mol. The lowest BCUT2D eigenvalue weighted by Crippen LogP contribution is -2.24. The average Bonchev–Trinajstić information content (AvgIpc) is 2.25. The Morgan fingerprint density at radius 2 is 2.24 bits per heavy atom. The van der Waals surface area contributed by atoms with Gasteiger partial charge in [0.25, 0.3) is 5.91 Å². The van der Waals surface area contributed by atoms with Gasteiger partial charge in [-0.1, -0.05) is 24.2 Å². The Hall–Kier alpha value is -1.62.